The van der Waals surface area contributed by atoms with E-state index in [1.807, 2.05) is 0 Å². The Hall–Kier alpha value is -1.30. The number of nitrogens with one attached hydrogen (secondary N) is 1. The smallest absolute Gasteiger partial charge is 0.326 e. The van der Waals surface area contributed by atoms with Crippen LogP contribution in [0.4, 0.5) is 4.79 Å². The number of aliphatic carboxylic acids is 1. The first kappa shape index (κ1) is 14.1. The van der Waals surface area contributed by atoms with E-state index in [-0.39, 0.29) is 6.03 Å². The summed E-state index contributed by atoms with van der Waals surface area (Å²) in [7, 11) is 0. The van der Waals surface area contributed by atoms with Crippen LogP contribution in [-0.2, 0) is 4.79 Å². The monoisotopic (exact) mass is 269 g/mol. The van der Waals surface area contributed by atoms with Crippen LogP contribution in [0.3, 0.4) is 0 Å². The van der Waals surface area contributed by atoms with Crippen molar-refractivity contribution in [3.05, 3.63) is 0 Å². The van der Waals surface area contributed by atoms with Crippen LogP contribution in [0.5, 0.6) is 0 Å². The summed E-state index contributed by atoms with van der Waals surface area (Å²) in [6.45, 7) is 5.47. The first-order valence-electron chi connectivity index (χ1n) is 7.14. The molecular formula is C13H23N3O3. The molecule has 2 amide bonds. The Morgan fingerprint density at radius 2 is 2.00 bits per heavy atom. The van der Waals surface area contributed by atoms with Gasteiger partial charge in [0.15, 0.2) is 0 Å². The standard InChI is InChI=1S/C13H23N3O3/c1-2-11(12(17)18)14-13(19)16-8-5-10(9-16)15-6-3-4-7-15/h10-11H,2-9H2,1H3,(H,14,19)(H,17,18)/t10?,11-/m1/s1. The minimum Gasteiger partial charge on any atom is -0.480 e. The highest BCUT2D eigenvalue weighted by Gasteiger charge is 2.32. The van der Waals surface area contributed by atoms with Gasteiger partial charge in [-0.1, -0.05) is 6.92 Å². The average molecular weight is 269 g/mol. The molecule has 0 aromatic carbocycles. The number of urea groups is 1. The number of carboxylic acid groups (broad SMARTS) is 1. The SMILES string of the molecule is CC[C@@H](NC(=O)N1CCC(N2CCCC2)C1)C(=O)O. The predicted molar refractivity (Wildman–Crippen MR) is 71.0 cm³/mol. The largest absolute Gasteiger partial charge is 0.480 e. The average Bonchev–Trinajstić information content (AvgIpc) is 3.04. The van der Waals surface area contributed by atoms with Crippen molar-refractivity contribution >= 4 is 12.0 Å². The number of carbonyl (C=O) groups is 2. The highest BCUT2D eigenvalue weighted by molar-refractivity contribution is 5.82. The third-order valence-corrected chi connectivity index (χ3v) is 4.11. The van der Waals surface area contributed by atoms with Crippen molar-refractivity contribution in [3.8, 4) is 0 Å². The number of carbonyl (C=O) groups excluding carboxylic acids is 1. The molecule has 0 aromatic heterocycles. The van der Waals surface area contributed by atoms with Gasteiger partial charge in [-0.25, -0.2) is 9.59 Å². The fourth-order valence-electron chi connectivity index (χ4n) is 2.91. The molecule has 2 saturated heterocycles. The van der Waals surface area contributed by atoms with E-state index in [2.05, 4.69) is 10.2 Å². The second kappa shape index (κ2) is 6.23. The molecule has 0 aromatic rings. The molecule has 108 valence electrons. The van der Waals surface area contributed by atoms with E-state index in [0.717, 1.165) is 32.6 Å². The van der Waals surface area contributed by atoms with Crippen LogP contribution in [0.2, 0.25) is 0 Å². The lowest BCUT2D eigenvalue weighted by Crippen LogP contribution is -2.47. The van der Waals surface area contributed by atoms with Crippen LogP contribution in [0.15, 0.2) is 0 Å². The maximum atomic E-state index is 12.0. The summed E-state index contributed by atoms with van der Waals surface area (Å²) in [6, 6.07) is -0.563. The van der Waals surface area contributed by atoms with Crippen LogP contribution in [0, 0.1) is 0 Å². The zero-order valence-corrected chi connectivity index (χ0v) is 11.5. The molecule has 0 spiro atoms. The quantitative estimate of drug-likeness (QED) is 0.789. The van der Waals surface area contributed by atoms with E-state index >= 15 is 0 Å². The number of amides is 2. The van der Waals surface area contributed by atoms with Gasteiger partial charge in [0.25, 0.3) is 0 Å². The van der Waals surface area contributed by atoms with Crippen LogP contribution in [0.1, 0.15) is 32.6 Å². The number of rotatable bonds is 4. The van der Waals surface area contributed by atoms with Crippen molar-refractivity contribution in [2.24, 2.45) is 0 Å². The summed E-state index contributed by atoms with van der Waals surface area (Å²) in [6.07, 6.45) is 3.90. The molecule has 0 radical (unpaired) electrons. The predicted octanol–water partition coefficient (Wildman–Crippen LogP) is 0.729. The number of hydrogen-bond donors (Lipinski definition) is 2. The lowest BCUT2D eigenvalue weighted by Gasteiger charge is -2.24. The van der Waals surface area contributed by atoms with Crippen LogP contribution in [-0.4, -0.2) is 65.2 Å². The first-order chi connectivity index (χ1) is 9.11. The topological polar surface area (TPSA) is 72.9 Å². The van der Waals surface area contributed by atoms with Crippen molar-refractivity contribution in [3.63, 3.8) is 0 Å². The molecule has 19 heavy (non-hydrogen) atoms. The summed E-state index contributed by atoms with van der Waals surface area (Å²) in [5.74, 6) is -0.967. The number of carboxylic acids is 1. The Labute approximate surface area is 113 Å². The molecule has 6 heteroatoms. The first-order valence-corrected chi connectivity index (χ1v) is 7.14. The summed E-state index contributed by atoms with van der Waals surface area (Å²) in [4.78, 5) is 27.1. The summed E-state index contributed by atoms with van der Waals surface area (Å²) < 4.78 is 0. The summed E-state index contributed by atoms with van der Waals surface area (Å²) in [5, 5.41) is 11.5. The van der Waals surface area contributed by atoms with E-state index < -0.39 is 12.0 Å². The van der Waals surface area contributed by atoms with E-state index in [1.54, 1.807) is 11.8 Å². The van der Waals surface area contributed by atoms with E-state index in [9.17, 15) is 9.59 Å². The minimum atomic E-state index is -0.967. The van der Waals surface area contributed by atoms with Crippen LogP contribution >= 0.6 is 0 Å². The Balaban J connectivity index is 1.82. The number of nitrogens with zero attached hydrogens (tertiary/aromatic N) is 2. The van der Waals surface area contributed by atoms with E-state index in [4.69, 9.17) is 5.11 Å². The van der Waals surface area contributed by atoms with E-state index in [1.165, 1.54) is 12.8 Å². The van der Waals surface area contributed by atoms with E-state index in [0.29, 0.717) is 12.5 Å². The Kier molecular flexibility index (Phi) is 4.63. The van der Waals surface area contributed by atoms with Gasteiger partial charge in [-0.3, -0.25) is 4.90 Å². The highest BCUT2D eigenvalue weighted by Crippen LogP contribution is 2.20. The Morgan fingerprint density at radius 1 is 1.32 bits per heavy atom. The molecule has 2 aliphatic rings. The second-order valence-corrected chi connectivity index (χ2v) is 5.38. The number of likely N-dealkylation sites (tertiary alicyclic amines) is 2. The molecule has 0 saturated carbocycles. The van der Waals surface area contributed by atoms with Gasteiger partial charge in [-0.2, -0.15) is 0 Å². The molecule has 6 nitrogen and oxygen atoms in total. The van der Waals surface area contributed by atoms with Crippen LogP contribution < -0.4 is 5.32 Å². The second-order valence-electron chi connectivity index (χ2n) is 5.38. The van der Waals surface area contributed by atoms with Gasteiger partial charge >= 0.3 is 12.0 Å². The van der Waals surface area contributed by atoms with Crippen molar-refractivity contribution in [1.29, 1.82) is 0 Å². The Morgan fingerprint density at radius 3 is 2.58 bits per heavy atom. The Bertz CT molecular complexity index is 342. The molecule has 0 bridgehead atoms. The fourth-order valence-corrected chi connectivity index (χ4v) is 2.91. The molecule has 2 fully saturated rings. The molecular weight excluding hydrogens is 246 g/mol. The van der Waals surface area contributed by atoms with Gasteiger partial charge in [0, 0.05) is 19.1 Å². The van der Waals surface area contributed by atoms with Gasteiger partial charge in [0.1, 0.15) is 6.04 Å². The minimum absolute atomic E-state index is 0.240. The third-order valence-electron chi connectivity index (χ3n) is 4.11. The van der Waals surface area contributed by atoms with Gasteiger partial charge in [0.2, 0.25) is 0 Å². The highest BCUT2D eigenvalue weighted by atomic mass is 16.4. The van der Waals surface area contributed by atoms with Crippen molar-refractivity contribution in [2.45, 2.75) is 44.7 Å². The van der Waals surface area contributed by atoms with Crippen molar-refractivity contribution < 1.29 is 14.7 Å². The molecule has 2 N–H and O–H groups in total. The van der Waals surface area contributed by atoms with Crippen molar-refractivity contribution in [2.75, 3.05) is 26.2 Å². The lowest BCUT2D eigenvalue weighted by molar-refractivity contribution is -0.139. The fraction of sp³-hybridized carbons (Fsp3) is 0.846. The van der Waals surface area contributed by atoms with Crippen LogP contribution in [0.25, 0.3) is 0 Å². The molecule has 2 aliphatic heterocycles. The van der Waals surface area contributed by atoms with Crippen molar-refractivity contribution in [1.82, 2.24) is 15.1 Å². The third kappa shape index (κ3) is 3.37. The zero-order chi connectivity index (χ0) is 13.8. The lowest BCUT2D eigenvalue weighted by atomic mass is 10.2. The van der Waals surface area contributed by atoms with Gasteiger partial charge < -0.3 is 15.3 Å². The number of hydrogen-bond acceptors (Lipinski definition) is 3. The summed E-state index contributed by atoms with van der Waals surface area (Å²) >= 11 is 0. The zero-order valence-electron chi connectivity index (χ0n) is 11.5. The van der Waals surface area contributed by atoms with Gasteiger partial charge in [-0.15, -0.1) is 0 Å². The maximum Gasteiger partial charge on any atom is 0.326 e. The normalized spacial score (nSPS) is 25.5. The van der Waals surface area contributed by atoms with Gasteiger partial charge in [-0.05, 0) is 38.8 Å². The van der Waals surface area contributed by atoms with Gasteiger partial charge in [0.05, 0.1) is 0 Å². The maximum absolute atomic E-state index is 12.0. The molecule has 0 aliphatic carbocycles. The molecule has 2 atom stereocenters. The molecule has 1 unspecified atom stereocenters. The molecule has 2 heterocycles. The molecule has 2 rings (SSSR count). The summed E-state index contributed by atoms with van der Waals surface area (Å²) in [5.41, 5.74) is 0.